The standard InChI is InChI=1S/C16H19N3/c1-19(2)16-10-8-13(11-17-16)18-15-9-7-12-5-3-4-6-14(12)15/h3-6,8,10-11,15,18H,7,9H2,1-2H3. The van der Waals surface area contributed by atoms with Gasteiger partial charge in [0.15, 0.2) is 0 Å². The van der Waals surface area contributed by atoms with Gasteiger partial charge in [0.25, 0.3) is 0 Å². The zero-order valence-corrected chi connectivity index (χ0v) is 11.4. The summed E-state index contributed by atoms with van der Waals surface area (Å²) in [5.41, 5.74) is 3.99. The van der Waals surface area contributed by atoms with Gasteiger partial charge in [0.2, 0.25) is 0 Å². The maximum absolute atomic E-state index is 4.44. The lowest BCUT2D eigenvalue weighted by molar-refractivity contribution is 0.761. The maximum atomic E-state index is 4.44. The Morgan fingerprint density at radius 1 is 1.16 bits per heavy atom. The Bertz CT molecular complexity index is 560. The van der Waals surface area contributed by atoms with Crippen LogP contribution in [0.3, 0.4) is 0 Å². The predicted molar refractivity (Wildman–Crippen MR) is 79.7 cm³/mol. The van der Waals surface area contributed by atoms with Crippen LogP contribution < -0.4 is 10.2 Å². The van der Waals surface area contributed by atoms with E-state index in [0.717, 1.165) is 24.3 Å². The first-order chi connectivity index (χ1) is 9.24. The van der Waals surface area contributed by atoms with Crippen molar-refractivity contribution in [3.05, 3.63) is 53.7 Å². The zero-order valence-electron chi connectivity index (χ0n) is 11.4. The van der Waals surface area contributed by atoms with Gasteiger partial charge in [0.05, 0.1) is 17.9 Å². The number of aryl methyl sites for hydroxylation is 1. The number of rotatable bonds is 3. The maximum Gasteiger partial charge on any atom is 0.128 e. The SMILES string of the molecule is CN(C)c1ccc(NC2CCc3ccccc32)cn1. The molecule has 1 aliphatic carbocycles. The van der Waals surface area contributed by atoms with Gasteiger partial charge in [-0.15, -0.1) is 0 Å². The Labute approximate surface area is 114 Å². The molecule has 0 saturated carbocycles. The minimum atomic E-state index is 0.420. The molecule has 1 aromatic carbocycles. The van der Waals surface area contributed by atoms with Crippen LogP contribution in [0.4, 0.5) is 11.5 Å². The molecule has 19 heavy (non-hydrogen) atoms. The number of hydrogen-bond acceptors (Lipinski definition) is 3. The molecule has 3 heteroatoms. The summed E-state index contributed by atoms with van der Waals surface area (Å²) in [7, 11) is 4.01. The van der Waals surface area contributed by atoms with E-state index in [9.17, 15) is 0 Å². The molecule has 2 aromatic rings. The molecule has 0 aliphatic heterocycles. The van der Waals surface area contributed by atoms with Crippen LogP contribution in [0.5, 0.6) is 0 Å². The molecule has 0 amide bonds. The molecule has 1 aromatic heterocycles. The van der Waals surface area contributed by atoms with Gasteiger partial charge in [-0.25, -0.2) is 4.98 Å². The fraction of sp³-hybridized carbons (Fsp3) is 0.312. The van der Waals surface area contributed by atoms with E-state index in [1.807, 2.05) is 31.3 Å². The topological polar surface area (TPSA) is 28.2 Å². The highest BCUT2D eigenvalue weighted by molar-refractivity contribution is 5.50. The molecule has 0 saturated heterocycles. The van der Waals surface area contributed by atoms with Gasteiger partial charge in [-0.05, 0) is 36.1 Å². The van der Waals surface area contributed by atoms with Crippen molar-refractivity contribution in [2.45, 2.75) is 18.9 Å². The average Bonchev–Trinajstić information content (AvgIpc) is 2.83. The van der Waals surface area contributed by atoms with Crippen molar-refractivity contribution in [1.29, 1.82) is 0 Å². The van der Waals surface area contributed by atoms with Crippen LogP contribution in [0, 0.1) is 0 Å². The summed E-state index contributed by atoms with van der Waals surface area (Å²) in [5.74, 6) is 0.984. The van der Waals surface area contributed by atoms with Crippen LogP contribution in [-0.2, 0) is 6.42 Å². The Morgan fingerprint density at radius 3 is 2.74 bits per heavy atom. The molecule has 3 rings (SSSR count). The summed E-state index contributed by atoms with van der Waals surface area (Å²) in [6.07, 6.45) is 4.24. The van der Waals surface area contributed by atoms with E-state index >= 15 is 0 Å². The summed E-state index contributed by atoms with van der Waals surface area (Å²) < 4.78 is 0. The monoisotopic (exact) mass is 253 g/mol. The van der Waals surface area contributed by atoms with Gasteiger partial charge in [-0.1, -0.05) is 24.3 Å². The van der Waals surface area contributed by atoms with Crippen LogP contribution in [0.1, 0.15) is 23.6 Å². The summed E-state index contributed by atoms with van der Waals surface area (Å²) in [5, 5.41) is 3.58. The zero-order chi connectivity index (χ0) is 13.2. The Kier molecular flexibility index (Phi) is 3.11. The number of pyridine rings is 1. The van der Waals surface area contributed by atoms with Gasteiger partial charge >= 0.3 is 0 Å². The van der Waals surface area contributed by atoms with Crippen LogP contribution in [0.2, 0.25) is 0 Å². The minimum absolute atomic E-state index is 0.420. The van der Waals surface area contributed by atoms with Gasteiger partial charge in [0.1, 0.15) is 5.82 Å². The quantitative estimate of drug-likeness (QED) is 0.910. The molecule has 3 nitrogen and oxygen atoms in total. The smallest absolute Gasteiger partial charge is 0.128 e. The molecule has 1 aliphatic rings. The highest BCUT2D eigenvalue weighted by Crippen LogP contribution is 2.33. The first-order valence-corrected chi connectivity index (χ1v) is 6.72. The summed E-state index contributed by atoms with van der Waals surface area (Å²) in [4.78, 5) is 6.45. The van der Waals surface area contributed by atoms with Gasteiger partial charge < -0.3 is 10.2 Å². The molecule has 1 atom stereocenters. The summed E-state index contributed by atoms with van der Waals surface area (Å²) >= 11 is 0. The second kappa shape index (κ2) is 4.92. The second-order valence-electron chi connectivity index (χ2n) is 5.23. The lowest BCUT2D eigenvalue weighted by Crippen LogP contribution is -2.11. The number of nitrogens with zero attached hydrogens (tertiary/aromatic N) is 2. The third kappa shape index (κ3) is 2.41. The Balaban J connectivity index is 1.76. The Hall–Kier alpha value is -2.03. The number of benzene rings is 1. The van der Waals surface area contributed by atoms with E-state index < -0.39 is 0 Å². The minimum Gasteiger partial charge on any atom is -0.377 e. The lowest BCUT2D eigenvalue weighted by atomic mass is 10.1. The van der Waals surface area contributed by atoms with Crippen LogP contribution >= 0.6 is 0 Å². The lowest BCUT2D eigenvalue weighted by Gasteiger charge is -2.16. The van der Waals surface area contributed by atoms with Crippen LogP contribution in [-0.4, -0.2) is 19.1 Å². The van der Waals surface area contributed by atoms with Crippen LogP contribution in [0.25, 0.3) is 0 Å². The molecule has 0 spiro atoms. The third-order valence-electron chi connectivity index (χ3n) is 3.68. The summed E-state index contributed by atoms with van der Waals surface area (Å²) in [6.45, 7) is 0. The van der Waals surface area contributed by atoms with Gasteiger partial charge in [-0.3, -0.25) is 0 Å². The molecule has 1 N–H and O–H groups in total. The number of hydrogen-bond donors (Lipinski definition) is 1. The van der Waals surface area contributed by atoms with Crippen molar-refractivity contribution < 1.29 is 0 Å². The molecule has 0 fully saturated rings. The van der Waals surface area contributed by atoms with Gasteiger partial charge in [0, 0.05) is 14.1 Å². The molecular weight excluding hydrogens is 234 g/mol. The fourth-order valence-corrected chi connectivity index (χ4v) is 2.64. The molecule has 98 valence electrons. The third-order valence-corrected chi connectivity index (χ3v) is 3.68. The second-order valence-corrected chi connectivity index (χ2v) is 5.23. The first kappa shape index (κ1) is 12.0. The number of anilines is 2. The van der Waals surface area contributed by atoms with Crippen molar-refractivity contribution in [3.8, 4) is 0 Å². The highest BCUT2D eigenvalue weighted by atomic mass is 15.1. The fourth-order valence-electron chi connectivity index (χ4n) is 2.64. The molecule has 0 radical (unpaired) electrons. The van der Waals surface area contributed by atoms with E-state index in [4.69, 9.17) is 0 Å². The van der Waals surface area contributed by atoms with Crippen molar-refractivity contribution in [3.63, 3.8) is 0 Å². The van der Waals surface area contributed by atoms with Crippen LogP contribution in [0.15, 0.2) is 42.6 Å². The molecule has 0 bridgehead atoms. The van der Waals surface area contributed by atoms with E-state index in [1.54, 1.807) is 0 Å². The van der Waals surface area contributed by atoms with Crippen molar-refractivity contribution in [1.82, 2.24) is 4.98 Å². The van der Waals surface area contributed by atoms with Crippen molar-refractivity contribution in [2.24, 2.45) is 0 Å². The van der Waals surface area contributed by atoms with Crippen molar-refractivity contribution in [2.75, 3.05) is 24.3 Å². The molecule has 1 heterocycles. The van der Waals surface area contributed by atoms with E-state index in [2.05, 4.69) is 40.6 Å². The number of nitrogens with one attached hydrogen (secondary N) is 1. The molecular formula is C16H19N3. The predicted octanol–water partition coefficient (Wildman–Crippen LogP) is 3.25. The largest absolute Gasteiger partial charge is 0.377 e. The van der Waals surface area contributed by atoms with E-state index in [-0.39, 0.29) is 0 Å². The summed E-state index contributed by atoms with van der Waals surface area (Å²) in [6, 6.07) is 13.3. The average molecular weight is 253 g/mol. The number of fused-ring (bicyclic) bond motifs is 1. The normalized spacial score (nSPS) is 17.1. The number of aromatic nitrogens is 1. The van der Waals surface area contributed by atoms with E-state index in [0.29, 0.717) is 6.04 Å². The highest BCUT2D eigenvalue weighted by Gasteiger charge is 2.21. The van der Waals surface area contributed by atoms with Gasteiger partial charge in [-0.2, -0.15) is 0 Å². The molecule has 1 unspecified atom stereocenters. The Morgan fingerprint density at radius 2 is 2.00 bits per heavy atom. The first-order valence-electron chi connectivity index (χ1n) is 6.72. The van der Waals surface area contributed by atoms with E-state index in [1.165, 1.54) is 11.1 Å². The van der Waals surface area contributed by atoms with Crippen molar-refractivity contribution >= 4 is 11.5 Å².